The van der Waals surface area contributed by atoms with Gasteiger partial charge in [0.25, 0.3) is 0 Å². The molecule has 0 aromatic heterocycles. The van der Waals surface area contributed by atoms with Crippen LogP contribution in [0.25, 0.3) is 0 Å². The molecule has 1 aromatic rings. The zero-order chi connectivity index (χ0) is 16.7. The second kappa shape index (κ2) is 11.3. The summed E-state index contributed by atoms with van der Waals surface area (Å²) >= 11 is 3.51. The van der Waals surface area contributed by atoms with Gasteiger partial charge in [0, 0.05) is 36.2 Å². The SMILES string of the molecule is CCNC(=NCc1cccc(Br)c1)NC1CCN(C(C)C)CC1.I. The number of piperidine rings is 1. The van der Waals surface area contributed by atoms with Crippen LogP contribution in [0.1, 0.15) is 39.2 Å². The molecule has 1 aliphatic heterocycles. The Labute approximate surface area is 172 Å². The van der Waals surface area contributed by atoms with E-state index in [9.17, 15) is 0 Å². The van der Waals surface area contributed by atoms with Gasteiger partial charge in [-0.2, -0.15) is 0 Å². The lowest BCUT2D eigenvalue weighted by molar-refractivity contribution is 0.167. The van der Waals surface area contributed by atoms with Gasteiger partial charge < -0.3 is 15.5 Å². The number of likely N-dealkylation sites (tertiary alicyclic amines) is 1. The normalized spacial score (nSPS) is 16.8. The summed E-state index contributed by atoms with van der Waals surface area (Å²) in [5.41, 5.74) is 1.21. The molecule has 1 heterocycles. The Bertz CT molecular complexity index is 513. The van der Waals surface area contributed by atoms with Crippen molar-refractivity contribution in [1.29, 1.82) is 0 Å². The first kappa shape index (κ1) is 21.7. The molecule has 4 nitrogen and oxygen atoms in total. The highest BCUT2D eigenvalue weighted by atomic mass is 127. The minimum absolute atomic E-state index is 0. The summed E-state index contributed by atoms with van der Waals surface area (Å²) in [6.45, 7) is 10.6. The van der Waals surface area contributed by atoms with Crippen LogP contribution in [0.2, 0.25) is 0 Å². The highest BCUT2D eigenvalue weighted by Gasteiger charge is 2.21. The van der Waals surface area contributed by atoms with Gasteiger partial charge >= 0.3 is 0 Å². The lowest BCUT2D eigenvalue weighted by atomic mass is 10.0. The third kappa shape index (κ3) is 7.27. The van der Waals surface area contributed by atoms with Crippen molar-refractivity contribution in [3.63, 3.8) is 0 Å². The Kier molecular flexibility index (Phi) is 10.2. The second-order valence-corrected chi connectivity index (χ2v) is 7.29. The second-order valence-electron chi connectivity index (χ2n) is 6.37. The summed E-state index contributed by atoms with van der Waals surface area (Å²) in [4.78, 5) is 7.28. The van der Waals surface area contributed by atoms with Crippen LogP contribution < -0.4 is 10.6 Å². The molecule has 0 bridgehead atoms. The number of aliphatic imine (C=N–C) groups is 1. The van der Waals surface area contributed by atoms with Crippen LogP contribution in [0.15, 0.2) is 33.7 Å². The summed E-state index contributed by atoms with van der Waals surface area (Å²) in [6, 6.07) is 9.49. The molecule has 2 N–H and O–H groups in total. The topological polar surface area (TPSA) is 39.7 Å². The molecule has 1 aliphatic rings. The molecule has 1 saturated heterocycles. The number of hydrogen-bond acceptors (Lipinski definition) is 2. The Morgan fingerprint density at radius 3 is 2.62 bits per heavy atom. The van der Waals surface area contributed by atoms with Crippen molar-refractivity contribution in [3.05, 3.63) is 34.3 Å². The molecule has 0 unspecified atom stereocenters. The van der Waals surface area contributed by atoms with Gasteiger partial charge in [-0.25, -0.2) is 4.99 Å². The van der Waals surface area contributed by atoms with E-state index < -0.39 is 0 Å². The molecule has 24 heavy (non-hydrogen) atoms. The van der Waals surface area contributed by atoms with E-state index in [1.54, 1.807) is 0 Å². The Hall–Kier alpha value is -0.340. The van der Waals surface area contributed by atoms with Gasteiger partial charge in [0.1, 0.15) is 0 Å². The standard InChI is InChI=1S/C18H29BrN4.HI/c1-4-20-18(21-13-15-6-5-7-16(19)12-15)22-17-8-10-23(11-9-17)14(2)3;/h5-7,12,14,17H,4,8-11,13H2,1-3H3,(H2,20,21,22);1H. The van der Waals surface area contributed by atoms with Crippen molar-refractivity contribution >= 4 is 45.9 Å². The van der Waals surface area contributed by atoms with E-state index >= 15 is 0 Å². The number of hydrogen-bond donors (Lipinski definition) is 2. The van der Waals surface area contributed by atoms with E-state index in [2.05, 4.69) is 70.4 Å². The molecule has 0 atom stereocenters. The maximum atomic E-state index is 4.73. The van der Waals surface area contributed by atoms with Crippen LogP contribution in [0.4, 0.5) is 0 Å². The number of benzene rings is 1. The predicted octanol–water partition coefficient (Wildman–Crippen LogP) is 4.00. The molecule has 0 saturated carbocycles. The van der Waals surface area contributed by atoms with Crippen LogP contribution in [0.5, 0.6) is 0 Å². The van der Waals surface area contributed by atoms with Crippen molar-refractivity contribution in [2.75, 3.05) is 19.6 Å². The van der Waals surface area contributed by atoms with Crippen LogP contribution in [-0.2, 0) is 6.54 Å². The number of nitrogens with one attached hydrogen (secondary N) is 2. The molecule has 6 heteroatoms. The molecule has 0 aliphatic carbocycles. The summed E-state index contributed by atoms with van der Waals surface area (Å²) in [6.07, 6.45) is 2.36. The average Bonchev–Trinajstić information content (AvgIpc) is 2.53. The van der Waals surface area contributed by atoms with Crippen molar-refractivity contribution in [1.82, 2.24) is 15.5 Å². The molecule has 136 valence electrons. The smallest absolute Gasteiger partial charge is 0.191 e. The Balaban J connectivity index is 0.00000288. The molecule has 1 fully saturated rings. The van der Waals surface area contributed by atoms with Crippen molar-refractivity contribution in [3.8, 4) is 0 Å². The van der Waals surface area contributed by atoms with Gasteiger partial charge in [-0.05, 0) is 51.3 Å². The van der Waals surface area contributed by atoms with Crippen molar-refractivity contribution in [2.24, 2.45) is 4.99 Å². The van der Waals surface area contributed by atoms with Gasteiger partial charge in [0.05, 0.1) is 6.54 Å². The molecule has 0 radical (unpaired) electrons. The van der Waals surface area contributed by atoms with E-state index in [0.29, 0.717) is 18.6 Å². The fourth-order valence-corrected chi connectivity index (χ4v) is 3.33. The quantitative estimate of drug-likeness (QED) is 0.359. The minimum Gasteiger partial charge on any atom is -0.357 e. The lowest BCUT2D eigenvalue weighted by Gasteiger charge is -2.35. The van der Waals surface area contributed by atoms with Gasteiger partial charge in [-0.3, -0.25) is 0 Å². The van der Waals surface area contributed by atoms with Gasteiger partial charge in [0.2, 0.25) is 0 Å². The zero-order valence-electron chi connectivity index (χ0n) is 14.9. The molecule has 0 spiro atoms. The van der Waals surface area contributed by atoms with Gasteiger partial charge in [-0.1, -0.05) is 28.1 Å². The van der Waals surface area contributed by atoms with E-state index in [1.807, 2.05) is 6.07 Å². The third-order valence-electron chi connectivity index (χ3n) is 4.25. The van der Waals surface area contributed by atoms with E-state index in [4.69, 9.17) is 4.99 Å². The number of guanidine groups is 1. The molecule has 0 amide bonds. The molecule has 1 aromatic carbocycles. The first-order valence-corrected chi connectivity index (χ1v) is 9.41. The highest BCUT2D eigenvalue weighted by molar-refractivity contribution is 14.0. The van der Waals surface area contributed by atoms with E-state index in [0.717, 1.165) is 17.0 Å². The summed E-state index contributed by atoms with van der Waals surface area (Å²) in [5.74, 6) is 0.926. The first-order valence-electron chi connectivity index (χ1n) is 8.61. The molecular weight excluding hydrogens is 479 g/mol. The van der Waals surface area contributed by atoms with Crippen molar-refractivity contribution in [2.45, 2.75) is 52.2 Å². The Morgan fingerprint density at radius 2 is 2.04 bits per heavy atom. The summed E-state index contributed by atoms with van der Waals surface area (Å²) < 4.78 is 1.10. The van der Waals surface area contributed by atoms with E-state index in [1.165, 1.54) is 31.5 Å². The molecule has 2 rings (SSSR count). The van der Waals surface area contributed by atoms with Crippen molar-refractivity contribution < 1.29 is 0 Å². The fraction of sp³-hybridized carbons (Fsp3) is 0.611. The zero-order valence-corrected chi connectivity index (χ0v) is 18.8. The minimum atomic E-state index is 0. The molecular formula is C18H30BrIN4. The summed E-state index contributed by atoms with van der Waals surface area (Å²) in [5, 5.41) is 6.96. The maximum Gasteiger partial charge on any atom is 0.191 e. The largest absolute Gasteiger partial charge is 0.357 e. The van der Waals surface area contributed by atoms with Crippen LogP contribution in [-0.4, -0.2) is 42.6 Å². The fourth-order valence-electron chi connectivity index (χ4n) is 2.88. The highest BCUT2D eigenvalue weighted by Crippen LogP contribution is 2.14. The summed E-state index contributed by atoms with van der Waals surface area (Å²) in [7, 11) is 0. The first-order chi connectivity index (χ1) is 11.1. The Morgan fingerprint density at radius 1 is 1.33 bits per heavy atom. The van der Waals surface area contributed by atoms with Crippen LogP contribution in [0, 0.1) is 0 Å². The van der Waals surface area contributed by atoms with Gasteiger partial charge in [0.15, 0.2) is 5.96 Å². The lowest BCUT2D eigenvalue weighted by Crippen LogP contribution is -2.49. The average molecular weight is 509 g/mol. The van der Waals surface area contributed by atoms with Crippen LogP contribution >= 0.6 is 39.9 Å². The number of halogens is 2. The number of nitrogens with zero attached hydrogens (tertiary/aromatic N) is 2. The predicted molar refractivity (Wildman–Crippen MR) is 117 cm³/mol. The monoisotopic (exact) mass is 508 g/mol. The number of rotatable bonds is 5. The van der Waals surface area contributed by atoms with Gasteiger partial charge in [-0.15, -0.1) is 24.0 Å². The third-order valence-corrected chi connectivity index (χ3v) is 4.75. The van der Waals surface area contributed by atoms with E-state index in [-0.39, 0.29) is 24.0 Å². The maximum absolute atomic E-state index is 4.73. The van der Waals surface area contributed by atoms with Crippen LogP contribution in [0.3, 0.4) is 0 Å².